The Labute approximate surface area is 128 Å². The highest BCUT2D eigenvalue weighted by Crippen LogP contribution is 2.34. The molecule has 118 valence electrons. The lowest BCUT2D eigenvalue weighted by Gasteiger charge is -2.12. The van der Waals surface area contributed by atoms with E-state index in [1.54, 1.807) is 0 Å². The summed E-state index contributed by atoms with van der Waals surface area (Å²) in [6.45, 7) is -2.89. The van der Waals surface area contributed by atoms with Crippen LogP contribution in [-0.4, -0.2) is 14.8 Å². The zero-order valence-corrected chi connectivity index (χ0v) is 11.5. The fraction of sp³-hybridized carbons (Fsp3) is 0.0667. The van der Waals surface area contributed by atoms with E-state index in [0.717, 1.165) is 24.5 Å². The summed E-state index contributed by atoms with van der Waals surface area (Å²) in [4.78, 5) is 0. The first-order valence-electron chi connectivity index (χ1n) is 6.49. The van der Waals surface area contributed by atoms with Gasteiger partial charge in [0.25, 0.3) is 0 Å². The molecule has 0 saturated carbocycles. The average Bonchev–Trinajstić information content (AvgIpc) is 2.95. The van der Waals surface area contributed by atoms with Crippen molar-refractivity contribution in [2.24, 2.45) is 0 Å². The van der Waals surface area contributed by atoms with Gasteiger partial charge in [-0.15, -0.1) is 10.2 Å². The molecular formula is C15H10F4N4. The maximum Gasteiger partial charge on any atom is 0.321 e. The van der Waals surface area contributed by atoms with Crippen molar-refractivity contribution < 1.29 is 17.6 Å². The van der Waals surface area contributed by atoms with Gasteiger partial charge in [-0.1, -0.05) is 6.07 Å². The fourth-order valence-electron chi connectivity index (χ4n) is 2.30. The Morgan fingerprint density at radius 3 is 2.43 bits per heavy atom. The molecule has 2 aromatic carbocycles. The quantitative estimate of drug-likeness (QED) is 0.588. The zero-order chi connectivity index (χ0) is 16.6. The largest absolute Gasteiger partial charge is 0.399 e. The minimum atomic E-state index is -2.89. The van der Waals surface area contributed by atoms with Gasteiger partial charge >= 0.3 is 6.55 Å². The van der Waals surface area contributed by atoms with Gasteiger partial charge in [-0.05, 0) is 41.5 Å². The first-order chi connectivity index (χ1) is 11.0. The van der Waals surface area contributed by atoms with Gasteiger partial charge in [0.1, 0.15) is 18.0 Å². The van der Waals surface area contributed by atoms with Crippen molar-refractivity contribution >= 4 is 5.69 Å². The van der Waals surface area contributed by atoms with Crippen molar-refractivity contribution in [1.82, 2.24) is 14.8 Å². The number of anilines is 1. The molecule has 3 rings (SSSR count). The van der Waals surface area contributed by atoms with Crippen molar-refractivity contribution in [3.05, 3.63) is 54.4 Å². The van der Waals surface area contributed by atoms with Crippen LogP contribution < -0.4 is 5.73 Å². The molecule has 0 fully saturated rings. The summed E-state index contributed by atoms with van der Waals surface area (Å²) in [5.41, 5.74) is 6.46. The minimum Gasteiger partial charge on any atom is -0.399 e. The summed E-state index contributed by atoms with van der Waals surface area (Å²) >= 11 is 0. The van der Waals surface area contributed by atoms with Gasteiger partial charge in [0.15, 0.2) is 5.82 Å². The SMILES string of the molecule is Nc1cc(F)cc(-c2ccc(F)cc2-c2nncn2C(F)F)c1. The standard InChI is InChI=1S/C15H10F4N4/c16-9-1-2-12(8-3-10(17)5-11(20)4-8)13(6-9)14-22-21-7-23(14)15(18)19/h1-7,15H,20H2. The lowest BCUT2D eigenvalue weighted by molar-refractivity contribution is 0.0716. The maximum atomic E-state index is 13.6. The van der Waals surface area contributed by atoms with E-state index in [1.165, 1.54) is 18.2 Å². The molecule has 0 aliphatic rings. The molecule has 0 radical (unpaired) electrons. The molecule has 0 atom stereocenters. The number of alkyl halides is 2. The Morgan fingerprint density at radius 1 is 0.957 bits per heavy atom. The van der Waals surface area contributed by atoms with Crippen molar-refractivity contribution in [2.75, 3.05) is 5.73 Å². The first-order valence-corrected chi connectivity index (χ1v) is 6.49. The first kappa shape index (κ1) is 15.0. The second-order valence-corrected chi connectivity index (χ2v) is 4.80. The van der Waals surface area contributed by atoms with Gasteiger partial charge < -0.3 is 5.73 Å². The number of benzene rings is 2. The van der Waals surface area contributed by atoms with Crippen LogP contribution in [0.25, 0.3) is 22.5 Å². The third kappa shape index (κ3) is 2.87. The number of nitrogens with zero attached hydrogens (tertiary/aromatic N) is 3. The van der Waals surface area contributed by atoms with Gasteiger partial charge in [0.2, 0.25) is 0 Å². The van der Waals surface area contributed by atoms with E-state index in [-0.39, 0.29) is 17.1 Å². The molecule has 2 N–H and O–H groups in total. The Hall–Kier alpha value is -2.90. The Bertz CT molecular complexity index is 840. The second-order valence-electron chi connectivity index (χ2n) is 4.80. The highest BCUT2D eigenvalue weighted by molar-refractivity contribution is 5.82. The van der Waals surface area contributed by atoms with Gasteiger partial charge in [-0.2, -0.15) is 8.78 Å². The topological polar surface area (TPSA) is 56.7 Å². The van der Waals surface area contributed by atoms with Crippen LogP contribution in [0.1, 0.15) is 6.55 Å². The normalized spacial score (nSPS) is 11.2. The molecule has 8 heteroatoms. The molecule has 0 spiro atoms. The summed E-state index contributed by atoms with van der Waals surface area (Å²) in [5.74, 6) is -1.46. The summed E-state index contributed by atoms with van der Waals surface area (Å²) in [6, 6.07) is 7.29. The van der Waals surface area contributed by atoms with E-state index in [9.17, 15) is 17.6 Å². The molecule has 0 aliphatic heterocycles. The molecule has 0 aliphatic carbocycles. The highest BCUT2D eigenvalue weighted by Gasteiger charge is 2.19. The predicted molar refractivity (Wildman–Crippen MR) is 76.5 cm³/mol. The molecule has 23 heavy (non-hydrogen) atoms. The molecule has 0 amide bonds. The molecule has 0 bridgehead atoms. The van der Waals surface area contributed by atoms with Crippen LogP contribution in [0, 0.1) is 11.6 Å². The molecule has 3 aromatic rings. The van der Waals surface area contributed by atoms with Crippen LogP contribution >= 0.6 is 0 Å². The summed E-state index contributed by atoms with van der Waals surface area (Å²) < 4.78 is 53.7. The third-order valence-corrected chi connectivity index (χ3v) is 3.24. The van der Waals surface area contributed by atoms with Crippen LogP contribution in [0.4, 0.5) is 23.2 Å². The Balaban J connectivity index is 2.25. The van der Waals surface area contributed by atoms with E-state index in [0.29, 0.717) is 15.7 Å². The number of halogens is 4. The zero-order valence-electron chi connectivity index (χ0n) is 11.5. The number of hydrogen-bond donors (Lipinski definition) is 1. The fourth-order valence-corrected chi connectivity index (χ4v) is 2.30. The van der Waals surface area contributed by atoms with E-state index >= 15 is 0 Å². The third-order valence-electron chi connectivity index (χ3n) is 3.24. The number of aromatic nitrogens is 3. The second kappa shape index (κ2) is 5.71. The maximum absolute atomic E-state index is 13.6. The Morgan fingerprint density at radius 2 is 1.74 bits per heavy atom. The molecule has 1 heterocycles. The Kier molecular flexibility index (Phi) is 3.73. The predicted octanol–water partition coefficient (Wildman–Crippen LogP) is 3.87. The van der Waals surface area contributed by atoms with Crippen LogP contribution in [0.2, 0.25) is 0 Å². The molecular weight excluding hydrogens is 312 g/mol. The number of nitrogen functional groups attached to an aromatic ring is 1. The lowest BCUT2D eigenvalue weighted by Crippen LogP contribution is -2.01. The molecule has 0 saturated heterocycles. The van der Waals surface area contributed by atoms with Gasteiger partial charge in [0, 0.05) is 11.3 Å². The van der Waals surface area contributed by atoms with E-state index in [2.05, 4.69) is 10.2 Å². The van der Waals surface area contributed by atoms with E-state index < -0.39 is 18.2 Å². The molecule has 1 aromatic heterocycles. The highest BCUT2D eigenvalue weighted by atomic mass is 19.3. The van der Waals surface area contributed by atoms with Crippen LogP contribution in [0.3, 0.4) is 0 Å². The number of nitrogens with two attached hydrogens (primary N) is 1. The van der Waals surface area contributed by atoms with Gasteiger partial charge in [-0.3, -0.25) is 4.57 Å². The van der Waals surface area contributed by atoms with Crippen LogP contribution in [0.15, 0.2) is 42.7 Å². The summed E-state index contributed by atoms with van der Waals surface area (Å²) in [6.07, 6.45) is 0.842. The molecule has 4 nitrogen and oxygen atoms in total. The van der Waals surface area contributed by atoms with Crippen molar-refractivity contribution in [2.45, 2.75) is 6.55 Å². The monoisotopic (exact) mass is 322 g/mol. The van der Waals surface area contributed by atoms with E-state index in [4.69, 9.17) is 5.73 Å². The molecule has 0 unspecified atom stereocenters. The average molecular weight is 322 g/mol. The van der Waals surface area contributed by atoms with Crippen LogP contribution in [0.5, 0.6) is 0 Å². The van der Waals surface area contributed by atoms with Crippen molar-refractivity contribution in [3.8, 4) is 22.5 Å². The minimum absolute atomic E-state index is 0.0628. The van der Waals surface area contributed by atoms with Crippen molar-refractivity contribution in [1.29, 1.82) is 0 Å². The van der Waals surface area contributed by atoms with Crippen LogP contribution in [-0.2, 0) is 0 Å². The van der Waals surface area contributed by atoms with Crippen molar-refractivity contribution in [3.63, 3.8) is 0 Å². The van der Waals surface area contributed by atoms with E-state index in [1.807, 2.05) is 0 Å². The smallest absolute Gasteiger partial charge is 0.321 e. The summed E-state index contributed by atoms with van der Waals surface area (Å²) in [5, 5.41) is 7.05. The number of rotatable bonds is 3. The summed E-state index contributed by atoms with van der Waals surface area (Å²) in [7, 11) is 0. The lowest BCUT2D eigenvalue weighted by atomic mass is 9.98. The van der Waals surface area contributed by atoms with Gasteiger partial charge in [0.05, 0.1) is 0 Å². The van der Waals surface area contributed by atoms with Gasteiger partial charge in [-0.25, -0.2) is 8.78 Å². The number of hydrogen-bond acceptors (Lipinski definition) is 3.